The minimum Gasteiger partial charge on any atom is -0.459 e. The van der Waals surface area contributed by atoms with Crippen LogP contribution in [-0.4, -0.2) is 40.8 Å². The van der Waals surface area contributed by atoms with Crippen molar-refractivity contribution in [2.24, 2.45) is 5.41 Å². The summed E-state index contributed by atoms with van der Waals surface area (Å²) in [4.78, 5) is 40.2. The predicted molar refractivity (Wildman–Crippen MR) is 112 cm³/mol. The van der Waals surface area contributed by atoms with Crippen molar-refractivity contribution in [3.63, 3.8) is 0 Å². The number of nitrogens with zero attached hydrogens (tertiary/aromatic N) is 1. The number of halogens is 3. The number of allylic oxidation sites excluding steroid dienone is 1. The maximum atomic E-state index is 14.7. The molecule has 2 aliphatic rings. The highest BCUT2D eigenvalue weighted by Gasteiger charge is 2.71. The first-order chi connectivity index (χ1) is 15.5. The van der Waals surface area contributed by atoms with Gasteiger partial charge >= 0.3 is 6.18 Å². The van der Waals surface area contributed by atoms with E-state index in [1.807, 2.05) is 23.5 Å². The Bertz CT molecular complexity index is 1120. The largest absolute Gasteiger partial charge is 0.459 e. The zero-order chi connectivity index (χ0) is 24.0. The van der Waals surface area contributed by atoms with Crippen LogP contribution in [-0.2, 0) is 16.0 Å². The quantitative estimate of drug-likeness (QED) is 0.731. The standard InChI is InChI=1S/C24H23F3N2O4/c1-22(2)13-16-19(17(30)14-22)23(24(25,26)27,28-20(31)18-9-6-12-33-18)21(32)29(16)11-10-15-7-4-3-5-8-15/h3-9,12H,10-11,13-14H2,1-2H3,(H,28,31)/t23-/m0/s1. The number of Topliss-reactive ketones (excluding diaryl/α,β-unsaturated/α-hetero) is 1. The molecule has 174 valence electrons. The molecule has 2 aromatic rings. The van der Waals surface area contributed by atoms with E-state index in [-0.39, 0.29) is 37.3 Å². The van der Waals surface area contributed by atoms with E-state index in [9.17, 15) is 27.6 Å². The highest BCUT2D eigenvalue weighted by atomic mass is 19.4. The maximum absolute atomic E-state index is 14.7. The molecule has 33 heavy (non-hydrogen) atoms. The third-order valence-corrected chi connectivity index (χ3v) is 6.06. The fourth-order valence-corrected chi connectivity index (χ4v) is 4.59. The lowest BCUT2D eigenvalue weighted by molar-refractivity contribution is -0.190. The van der Waals surface area contributed by atoms with E-state index in [4.69, 9.17) is 4.42 Å². The lowest BCUT2D eigenvalue weighted by atomic mass is 9.72. The van der Waals surface area contributed by atoms with Crippen LogP contribution in [0.4, 0.5) is 13.2 Å². The van der Waals surface area contributed by atoms with Crippen LogP contribution in [0.3, 0.4) is 0 Å². The monoisotopic (exact) mass is 460 g/mol. The number of furan rings is 1. The van der Waals surface area contributed by atoms with E-state index in [1.165, 1.54) is 12.1 Å². The van der Waals surface area contributed by atoms with Gasteiger partial charge in [0.2, 0.25) is 5.54 Å². The smallest absolute Gasteiger partial charge is 0.425 e. The van der Waals surface area contributed by atoms with Gasteiger partial charge in [0.1, 0.15) is 0 Å². The summed E-state index contributed by atoms with van der Waals surface area (Å²) in [6.07, 6.45) is -3.89. The average Bonchev–Trinajstić information content (AvgIpc) is 3.33. The number of alkyl halides is 3. The van der Waals surface area contributed by atoms with Crippen molar-refractivity contribution < 1.29 is 32.0 Å². The number of ketones is 1. The first-order valence-corrected chi connectivity index (χ1v) is 10.5. The summed E-state index contributed by atoms with van der Waals surface area (Å²) < 4.78 is 48.9. The molecule has 1 aromatic heterocycles. The SMILES string of the molecule is CC1(C)CC(=O)C2=C(C1)N(CCc1ccccc1)C(=O)[C@]2(NC(=O)c1ccco1)C(F)(F)F. The lowest BCUT2D eigenvalue weighted by Crippen LogP contribution is -2.66. The van der Waals surface area contributed by atoms with Gasteiger partial charge in [0.25, 0.3) is 11.8 Å². The molecule has 0 saturated heterocycles. The number of carbonyl (C=O) groups excluding carboxylic acids is 3. The van der Waals surface area contributed by atoms with Gasteiger partial charge in [-0.3, -0.25) is 14.4 Å². The van der Waals surface area contributed by atoms with Gasteiger partial charge < -0.3 is 14.6 Å². The van der Waals surface area contributed by atoms with Crippen LogP contribution in [0.2, 0.25) is 0 Å². The summed E-state index contributed by atoms with van der Waals surface area (Å²) in [5.74, 6) is -3.78. The van der Waals surface area contributed by atoms with Gasteiger partial charge in [-0.25, -0.2) is 0 Å². The Hall–Kier alpha value is -3.36. The molecule has 4 rings (SSSR count). The van der Waals surface area contributed by atoms with Crippen LogP contribution in [0.1, 0.15) is 42.8 Å². The number of amides is 2. The molecule has 0 saturated carbocycles. The molecule has 1 aromatic carbocycles. The lowest BCUT2D eigenvalue weighted by Gasteiger charge is -2.35. The summed E-state index contributed by atoms with van der Waals surface area (Å²) >= 11 is 0. The van der Waals surface area contributed by atoms with Gasteiger partial charge in [0.15, 0.2) is 11.5 Å². The summed E-state index contributed by atoms with van der Waals surface area (Å²) in [5, 5.41) is 1.84. The number of hydrogen-bond donors (Lipinski definition) is 1. The molecule has 1 N–H and O–H groups in total. The molecular formula is C24H23F3N2O4. The molecule has 0 unspecified atom stereocenters. The molecule has 0 bridgehead atoms. The Labute approximate surface area is 188 Å². The van der Waals surface area contributed by atoms with Crippen molar-refractivity contribution in [2.75, 3.05) is 6.54 Å². The summed E-state index contributed by atoms with van der Waals surface area (Å²) in [6.45, 7) is 3.48. The van der Waals surface area contributed by atoms with E-state index >= 15 is 0 Å². The highest BCUT2D eigenvalue weighted by Crippen LogP contribution is 2.51. The zero-order valence-corrected chi connectivity index (χ0v) is 18.2. The van der Waals surface area contributed by atoms with Crippen LogP contribution in [0.5, 0.6) is 0 Å². The Morgan fingerprint density at radius 2 is 1.79 bits per heavy atom. The van der Waals surface area contributed by atoms with E-state index in [2.05, 4.69) is 0 Å². The van der Waals surface area contributed by atoms with E-state index in [1.54, 1.807) is 26.0 Å². The maximum Gasteiger partial charge on any atom is 0.425 e. The predicted octanol–water partition coefficient (Wildman–Crippen LogP) is 4.04. The fraction of sp³-hybridized carbons (Fsp3) is 0.375. The van der Waals surface area contributed by atoms with Gasteiger partial charge in [-0.1, -0.05) is 44.2 Å². The van der Waals surface area contributed by atoms with E-state index in [0.717, 1.165) is 16.7 Å². The highest BCUT2D eigenvalue weighted by molar-refractivity contribution is 6.14. The Kier molecular flexibility index (Phi) is 5.46. The molecular weight excluding hydrogens is 437 g/mol. The number of nitrogens with one attached hydrogen (secondary N) is 1. The summed E-state index contributed by atoms with van der Waals surface area (Å²) in [5.41, 5.74) is -3.93. The van der Waals surface area contributed by atoms with Crippen molar-refractivity contribution >= 4 is 17.6 Å². The third kappa shape index (κ3) is 3.85. The Morgan fingerprint density at radius 1 is 1.09 bits per heavy atom. The number of benzene rings is 1. The van der Waals surface area contributed by atoms with E-state index in [0.29, 0.717) is 0 Å². The molecule has 9 heteroatoms. The van der Waals surface area contributed by atoms with Crippen LogP contribution < -0.4 is 5.32 Å². The molecule has 2 amide bonds. The second kappa shape index (κ2) is 7.90. The number of rotatable bonds is 5. The van der Waals surface area contributed by atoms with Crippen LogP contribution in [0, 0.1) is 5.41 Å². The molecule has 1 aliphatic heterocycles. The molecule has 1 aliphatic carbocycles. The van der Waals surface area contributed by atoms with Gasteiger partial charge in [-0.15, -0.1) is 0 Å². The van der Waals surface area contributed by atoms with Gasteiger partial charge in [-0.05, 0) is 36.0 Å². The first-order valence-electron chi connectivity index (χ1n) is 10.5. The summed E-state index contributed by atoms with van der Waals surface area (Å²) in [6, 6.07) is 11.5. The molecule has 0 spiro atoms. The topological polar surface area (TPSA) is 79.6 Å². The van der Waals surface area contributed by atoms with Crippen molar-refractivity contribution in [1.29, 1.82) is 0 Å². The zero-order valence-electron chi connectivity index (χ0n) is 18.2. The summed E-state index contributed by atoms with van der Waals surface area (Å²) in [7, 11) is 0. The van der Waals surface area contributed by atoms with Crippen molar-refractivity contribution in [2.45, 2.75) is 44.8 Å². The Morgan fingerprint density at radius 3 is 2.39 bits per heavy atom. The van der Waals surface area contributed by atoms with Gasteiger partial charge in [0.05, 0.1) is 11.8 Å². The Balaban J connectivity index is 1.81. The van der Waals surface area contributed by atoms with Crippen LogP contribution in [0.15, 0.2) is 64.4 Å². The van der Waals surface area contributed by atoms with Crippen LogP contribution in [0.25, 0.3) is 0 Å². The molecule has 0 fully saturated rings. The third-order valence-electron chi connectivity index (χ3n) is 6.06. The second-order valence-electron chi connectivity index (χ2n) is 9.13. The fourth-order valence-electron chi connectivity index (χ4n) is 4.59. The molecule has 0 radical (unpaired) electrons. The van der Waals surface area contributed by atoms with Crippen LogP contribution >= 0.6 is 0 Å². The van der Waals surface area contributed by atoms with E-state index < -0.39 is 40.3 Å². The van der Waals surface area contributed by atoms with Crippen molar-refractivity contribution in [3.05, 3.63) is 71.3 Å². The number of carbonyl (C=O) groups is 3. The average molecular weight is 460 g/mol. The van der Waals surface area contributed by atoms with Crippen molar-refractivity contribution in [3.8, 4) is 0 Å². The minimum absolute atomic E-state index is 0.0225. The minimum atomic E-state index is -5.24. The molecule has 1 atom stereocenters. The van der Waals surface area contributed by atoms with Crippen molar-refractivity contribution in [1.82, 2.24) is 10.2 Å². The number of hydrogen-bond acceptors (Lipinski definition) is 4. The molecule has 2 heterocycles. The van der Waals surface area contributed by atoms with Gasteiger partial charge in [-0.2, -0.15) is 13.2 Å². The second-order valence-corrected chi connectivity index (χ2v) is 9.13. The van der Waals surface area contributed by atoms with Gasteiger partial charge in [0, 0.05) is 18.7 Å². The normalized spacial score (nSPS) is 22.5. The first kappa shape index (κ1) is 22.8. The molecule has 6 nitrogen and oxygen atoms in total.